The van der Waals surface area contributed by atoms with Crippen LogP contribution in [0.25, 0.3) is 0 Å². The molecule has 2 aliphatic rings. The van der Waals surface area contributed by atoms with E-state index in [9.17, 15) is 4.79 Å². The van der Waals surface area contributed by atoms with E-state index in [-0.39, 0.29) is 11.9 Å². The van der Waals surface area contributed by atoms with E-state index in [1.165, 1.54) is 38.6 Å². The average Bonchev–Trinajstić information content (AvgIpc) is 2.82. The van der Waals surface area contributed by atoms with Gasteiger partial charge in [0.2, 0.25) is 5.91 Å². The van der Waals surface area contributed by atoms with Crippen molar-refractivity contribution in [1.29, 1.82) is 0 Å². The standard InChI is InChI=1S/C15H29N3O/c1-2-9-17-13(15(16)19)8-11-18-10-7-12-5-3-4-6-14(12)18/h12-14,17H,2-11H2,1H3,(H2,16,19). The van der Waals surface area contributed by atoms with Gasteiger partial charge in [-0.25, -0.2) is 0 Å². The topological polar surface area (TPSA) is 58.4 Å². The Morgan fingerprint density at radius 2 is 2.16 bits per heavy atom. The van der Waals surface area contributed by atoms with Crippen molar-refractivity contribution in [3.05, 3.63) is 0 Å². The zero-order valence-corrected chi connectivity index (χ0v) is 12.2. The van der Waals surface area contributed by atoms with Gasteiger partial charge in [0.05, 0.1) is 6.04 Å². The average molecular weight is 267 g/mol. The molecule has 19 heavy (non-hydrogen) atoms. The number of rotatable bonds is 7. The molecular weight excluding hydrogens is 238 g/mol. The minimum absolute atomic E-state index is 0.150. The van der Waals surface area contributed by atoms with Crippen molar-refractivity contribution in [3.8, 4) is 0 Å². The van der Waals surface area contributed by atoms with Gasteiger partial charge in [-0.05, 0) is 51.1 Å². The highest BCUT2D eigenvalue weighted by Crippen LogP contribution is 2.36. The summed E-state index contributed by atoms with van der Waals surface area (Å²) >= 11 is 0. The molecule has 2 fully saturated rings. The van der Waals surface area contributed by atoms with E-state index < -0.39 is 0 Å². The highest BCUT2D eigenvalue weighted by atomic mass is 16.1. The molecule has 0 aromatic carbocycles. The molecule has 0 aromatic heterocycles. The summed E-state index contributed by atoms with van der Waals surface area (Å²) in [5.74, 6) is 0.720. The van der Waals surface area contributed by atoms with Crippen LogP contribution in [0.4, 0.5) is 0 Å². The summed E-state index contributed by atoms with van der Waals surface area (Å²) in [6.07, 6.45) is 8.82. The van der Waals surface area contributed by atoms with E-state index in [1.807, 2.05) is 0 Å². The maximum absolute atomic E-state index is 11.4. The molecule has 1 saturated carbocycles. The summed E-state index contributed by atoms with van der Waals surface area (Å²) in [6, 6.07) is 0.635. The maximum Gasteiger partial charge on any atom is 0.234 e. The van der Waals surface area contributed by atoms with Crippen LogP contribution in [0.5, 0.6) is 0 Å². The van der Waals surface area contributed by atoms with Crippen LogP contribution >= 0.6 is 0 Å². The van der Waals surface area contributed by atoms with Crippen LogP contribution in [0.2, 0.25) is 0 Å². The molecule has 3 unspecified atom stereocenters. The zero-order valence-electron chi connectivity index (χ0n) is 12.2. The Balaban J connectivity index is 1.78. The van der Waals surface area contributed by atoms with Gasteiger partial charge < -0.3 is 16.0 Å². The second-order valence-corrected chi connectivity index (χ2v) is 6.13. The lowest BCUT2D eigenvalue weighted by molar-refractivity contribution is -0.120. The number of nitrogens with one attached hydrogen (secondary N) is 1. The first-order valence-electron chi connectivity index (χ1n) is 7.99. The lowest BCUT2D eigenvalue weighted by Gasteiger charge is -2.32. The maximum atomic E-state index is 11.4. The number of carbonyl (C=O) groups excluding carboxylic acids is 1. The Hall–Kier alpha value is -0.610. The predicted molar refractivity (Wildman–Crippen MR) is 77.8 cm³/mol. The fourth-order valence-corrected chi connectivity index (χ4v) is 3.74. The molecule has 2 rings (SSSR count). The fraction of sp³-hybridized carbons (Fsp3) is 0.933. The van der Waals surface area contributed by atoms with Gasteiger partial charge in [0.1, 0.15) is 0 Å². The van der Waals surface area contributed by atoms with Crippen LogP contribution in [0.3, 0.4) is 0 Å². The van der Waals surface area contributed by atoms with E-state index in [1.54, 1.807) is 0 Å². The summed E-state index contributed by atoms with van der Waals surface area (Å²) in [5.41, 5.74) is 5.47. The molecule has 3 atom stereocenters. The van der Waals surface area contributed by atoms with E-state index in [4.69, 9.17) is 5.73 Å². The number of fused-ring (bicyclic) bond motifs is 1. The molecule has 0 spiro atoms. The number of primary amides is 1. The van der Waals surface area contributed by atoms with E-state index in [2.05, 4.69) is 17.1 Å². The molecule has 0 radical (unpaired) electrons. The van der Waals surface area contributed by atoms with Crippen molar-refractivity contribution < 1.29 is 4.79 Å². The number of hydrogen-bond acceptors (Lipinski definition) is 3. The number of carbonyl (C=O) groups is 1. The second kappa shape index (κ2) is 7.25. The minimum Gasteiger partial charge on any atom is -0.368 e. The Morgan fingerprint density at radius 3 is 2.89 bits per heavy atom. The zero-order chi connectivity index (χ0) is 13.7. The van der Waals surface area contributed by atoms with Gasteiger partial charge in [0.15, 0.2) is 0 Å². The van der Waals surface area contributed by atoms with Gasteiger partial charge in [-0.15, -0.1) is 0 Å². The summed E-state index contributed by atoms with van der Waals surface area (Å²) in [7, 11) is 0. The number of nitrogens with zero attached hydrogens (tertiary/aromatic N) is 1. The fourth-order valence-electron chi connectivity index (χ4n) is 3.74. The molecule has 1 amide bonds. The SMILES string of the molecule is CCCNC(CCN1CCC2CCCCC21)C(N)=O. The van der Waals surface area contributed by atoms with Crippen LogP contribution in [0.15, 0.2) is 0 Å². The minimum atomic E-state index is -0.201. The Bertz CT molecular complexity index is 295. The van der Waals surface area contributed by atoms with E-state index in [0.717, 1.165) is 37.9 Å². The van der Waals surface area contributed by atoms with Gasteiger partial charge >= 0.3 is 0 Å². The molecular formula is C15H29N3O. The summed E-state index contributed by atoms with van der Waals surface area (Å²) < 4.78 is 0. The first-order valence-corrected chi connectivity index (χ1v) is 7.99. The molecule has 4 heteroatoms. The van der Waals surface area contributed by atoms with Crippen LogP contribution in [0.1, 0.15) is 51.9 Å². The largest absolute Gasteiger partial charge is 0.368 e. The number of likely N-dealkylation sites (tertiary alicyclic amines) is 1. The molecule has 4 nitrogen and oxygen atoms in total. The number of nitrogens with two attached hydrogens (primary N) is 1. The van der Waals surface area contributed by atoms with Gasteiger partial charge in [0.25, 0.3) is 0 Å². The molecule has 1 aliphatic carbocycles. The van der Waals surface area contributed by atoms with Gasteiger partial charge in [-0.1, -0.05) is 19.8 Å². The monoisotopic (exact) mass is 267 g/mol. The van der Waals surface area contributed by atoms with Crippen LogP contribution in [-0.2, 0) is 4.79 Å². The molecule has 110 valence electrons. The van der Waals surface area contributed by atoms with Crippen molar-refractivity contribution >= 4 is 5.91 Å². The van der Waals surface area contributed by atoms with E-state index >= 15 is 0 Å². The Labute approximate surface area is 117 Å². The third-order valence-corrected chi connectivity index (χ3v) is 4.81. The Kier molecular flexibility index (Phi) is 5.64. The van der Waals surface area contributed by atoms with Crippen molar-refractivity contribution in [3.63, 3.8) is 0 Å². The summed E-state index contributed by atoms with van der Waals surface area (Å²) in [6.45, 7) is 5.22. The predicted octanol–water partition coefficient (Wildman–Crippen LogP) is 1.49. The van der Waals surface area contributed by atoms with Crippen molar-refractivity contribution in [2.75, 3.05) is 19.6 Å². The molecule has 1 aliphatic heterocycles. The van der Waals surface area contributed by atoms with E-state index in [0.29, 0.717) is 0 Å². The third-order valence-electron chi connectivity index (χ3n) is 4.81. The van der Waals surface area contributed by atoms with Gasteiger partial charge in [-0.3, -0.25) is 4.79 Å². The smallest absolute Gasteiger partial charge is 0.234 e. The van der Waals surface area contributed by atoms with Gasteiger partial charge in [-0.2, -0.15) is 0 Å². The van der Waals surface area contributed by atoms with Crippen LogP contribution < -0.4 is 11.1 Å². The molecule has 1 saturated heterocycles. The third kappa shape index (κ3) is 3.93. The number of hydrogen-bond donors (Lipinski definition) is 2. The normalized spacial score (nSPS) is 29.1. The molecule has 3 N–H and O–H groups in total. The highest BCUT2D eigenvalue weighted by Gasteiger charge is 2.35. The highest BCUT2D eigenvalue weighted by molar-refractivity contribution is 5.79. The van der Waals surface area contributed by atoms with Crippen molar-refractivity contribution in [2.24, 2.45) is 11.7 Å². The summed E-state index contributed by atoms with van der Waals surface area (Å²) in [4.78, 5) is 14.0. The number of amides is 1. The quantitative estimate of drug-likeness (QED) is 0.735. The first-order chi connectivity index (χ1) is 9.22. The first kappa shape index (κ1) is 14.8. The van der Waals surface area contributed by atoms with Crippen molar-refractivity contribution in [1.82, 2.24) is 10.2 Å². The lowest BCUT2D eigenvalue weighted by Crippen LogP contribution is -2.45. The van der Waals surface area contributed by atoms with Crippen molar-refractivity contribution in [2.45, 2.75) is 64.0 Å². The van der Waals surface area contributed by atoms with Crippen LogP contribution in [0, 0.1) is 5.92 Å². The molecule has 1 heterocycles. The van der Waals surface area contributed by atoms with Gasteiger partial charge in [0, 0.05) is 12.6 Å². The molecule has 0 bridgehead atoms. The second-order valence-electron chi connectivity index (χ2n) is 6.13. The Morgan fingerprint density at radius 1 is 1.37 bits per heavy atom. The van der Waals surface area contributed by atoms with Crippen LogP contribution in [-0.4, -0.2) is 42.5 Å². The summed E-state index contributed by atoms with van der Waals surface area (Å²) in [5, 5.41) is 3.26. The molecule has 0 aromatic rings. The lowest BCUT2D eigenvalue weighted by atomic mass is 9.85.